The van der Waals surface area contributed by atoms with Gasteiger partial charge in [0.15, 0.2) is 0 Å². The minimum Gasteiger partial charge on any atom is -0.380 e. The lowest BCUT2D eigenvalue weighted by molar-refractivity contribution is -0.197. The number of ether oxygens (including phenoxy) is 1. The molecule has 2 aliphatic rings. The maximum absolute atomic E-state index is 11.7. The quantitative estimate of drug-likeness (QED) is 0.189. The van der Waals surface area contributed by atoms with E-state index in [0.29, 0.717) is 23.2 Å². The van der Waals surface area contributed by atoms with Gasteiger partial charge in [-0.1, -0.05) is 0 Å². The molecule has 0 radical (unpaired) electrons. The average Bonchev–Trinajstić information content (AvgIpc) is 3.33. The molecule has 0 aliphatic carbocycles. The number of amides is 6. The SMILES string of the molecule is O=C(CCC(=O)ON1C(=O)CCC1=O)NCCCOCCNC(=O)CCC(=O)ON1C(=O)CCC1=O. The van der Waals surface area contributed by atoms with E-state index in [4.69, 9.17) is 4.74 Å². The molecule has 6 amide bonds. The minimum absolute atomic E-state index is 0.00937. The third-order valence-corrected chi connectivity index (χ3v) is 4.87. The highest BCUT2D eigenvalue weighted by Gasteiger charge is 2.33. The van der Waals surface area contributed by atoms with E-state index >= 15 is 0 Å². The van der Waals surface area contributed by atoms with Crippen molar-refractivity contribution in [2.24, 2.45) is 0 Å². The van der Waals surface area contributed by atoms with Gasteiger partial charge in [-0.25, -0.2) is 9.59 Å². The summed E-state index contributed by atoms with van der Waals surface area (Å²) in [5.41, 5.74) is 0. The zero-order chi connectivity index (χ0) is 26.5. The molecule has 0 aromatic carbocycles. The van der Waals surface area contributed by atoms with Crippen LogP contribution in [0.15, 0.2) is 0 Å². The number of nitrogens with zero attached hydrogens (tertiary/aromatic N) is 2. The van der Waals surface area contributed by atoms with E-state index in [2.05, 4.69) is 20.3 Å². The number of nitrogens with one attached hydrogen (secondary N) is 2. The van der Waals surface area contributed by atoms with E-state index in [1.54, 1.807) is 0 Å². The Kier molecular flexibility index (Phi) is 11.4. The molecule has 0 unspecified atom stereocenters. The van der Waals surface area contributed by atoms with Crippen molar-refractivity contribution in [2.75, 3.05) is 26.3 Å². The van der Waals surface area contributed by atoms with Gasteiger partial charge in [0.1, 0.15) is 0 Å². The maximum Gasteiger partial charge on any atom is 0.333 e. The fourth-order valence-electron chi connectivity index (χ4n) is 2.99. The van der Waals surface area contributed by atoms with Crippen molar-refractivity contribution in [3.05, 3.63) is 0 Å². The van der Waals surface area contributed by atoms with Crippen LogP contribution in [0.3, 0.4) is 0 Å². The number of hydroxylamine groups is 4. The molecule has 2 aliphatic heterocycles. The first-order valence-electron chi connectivity index (χ1n) is 11.4. The number of carbonyl (C=O) groups excluding carboxylic acids is 8. The zero-order valence-electron chi connectivity index (χ0n) is 19.6. The molecule has 0 aromatic heterocycles. The summed E-state index contributed by atoms with van der Waals surface area (Å²) in [4.78, 5) is 102. The number of carbonyl (C=O) groups is 8. The van der Waals surface area contributed by atoms with Crippen molar-refractivity contribution < 1.29 is 52.8 Å². The lowest BCUT2D eigenvalue weighted by Crippen LogP contribution is -2.33. The number of imide groups is 2. The second kappa shape index (κ2) is 14.5. The highest BCUT2D eigenvalue weighted by atomic mass is 16.7. The third-order valence-electron chi connectivity index (χ3n) is 4.87. The second-order valence-electron chi connectivity index (χ2n) is 7.76. The van der Waals surface area contributed by atoms with Crippen molar-refractivity contribution in [2.45, 2.75) is 57.8 Å². The van der Waals surface area contributed by atoms with E-state index in [1.165, 1.54) is 0 Å². The van der Waals surface area contributed by atoms with Crippen molar-refractivity contribution in [3.8, 4) is 0 Å². The molecule has 15 heteroatoms. The molecule has 2 heterocycles. The summed E-state index contributed by atoms with van der Waals surface area (Å²) in [5, 5.41) is 5.97. The first kappa shape index (κ1) is 28.4. The minimum atomic E-state index is -0.860. The van der Waals surface area contributed by atoms with Crippen LogP contribution in [0.2, 0.25) is 0 Å². The largest absolute Gasteiger partial charge is 0.380 e. The topological polar surface area (TPSA) is 195 Å². The van der Waals surface area contributed by atoms with Crippen LogP contribution in [-0.2, 0) is 52.8 Å². The average molecular weight is 512 g/mol. The fourth-order valence-corrected chi connectivity index (χ4v) is 2.99. The predicted octanol–water partition coefficient (Wildman–Crippen LogP) is -1.60. The Hall–Kier alpha value is -3.88. The molecule has 2 saturated heterocycles. The van der Waals surface area contributed by atoms with Gasteiger partial charge in [-0.05, 0) is 6.42 Å². The molecule has 0 aromatic rings. The Morgan fingerprint density at radius 3 is 1.47 bits per heavy atom. The van der Waals surface area contributed by atoms with E-state index in [1.807, 2.05) is 0 Å². The normalized spacial score (nSPS) is 15.3. The number of rotatable bonds is 15. The van der Waals surface area contributed by atoms with Gasteiger partial charge in [0.25, 0.3) is 23.6 Å². The van der Waals surface area contributed by atoms with E-state index in [0.717, 1.165) is 0 Å². The van der Waals surface area contributed by atoms with Crippen LogP contribution in [-0.4, -0.2) is 83.8 Å². The van der Waals surface area contributed by atoms with Crippen molar-refractivity contribution in [1.82, 2.24) is 20.8 Å². The van der Waals surface area contributed by atoms with E-state index < -0.39 is 47.4 Å². The molecular formula is C21H28N4O11. The Morgan fingerprint density at radius 2 is 1.03 bits per heavy atom. The maximum atomic E-state index is 11.7. The highest BCUT2D eigenvalue weighted by Crippen LogP contribution is 2.13. The van der Waals surface area contributed by atoms with Gasteiger partial charge in [0.2, 0.25) is 11.8 Å². The summed E-state index contributed by atoms with van der Waals surface area (Å²) < 4.78 is 5.31. The van der Waals surface area contributed by atoms with Gasteiger partial charge in [0, 0.05) is 58.2 Å². The van der Waals surface area contributed by atoms with Crippen LogP contribution >= 0.6 is 0 Å². The Labute approximate surface area is 205 Å². The molecule has 36 heavy (non-hydrogen) atoms. The van der Waals surface area contributed by atoms with Crippen LogP contribution in [0.5, 0.6) is 0 Å². The molecule has 2 fully saturated rings. The predicted molar refractivity (Wildman–Crippen MR) is 114 cm³/mol. The van der Waals surface area contributed by atoms with Crippen LogP contribution in [0.1, 0.15) is 57.8 Å². The molecule has 2 N–H and O–H groups in total. The summed E-state index contributed by atoms with van der Waals surface area (Å²) in [6.07, 6.45) is -0.499. The molecular weight excluding hydrogens is 484 g/mol. The van der Waals surface area contributed by atoms with E-state index in [-0.39, 0.29) is 71.1 Å². The van der Waals surface area contributed by atoms with Gasteiger partial charge >= 0.3 is 11.9 Å². The van der Waals surface area contributed by atoms with Gasteiger partial charge in [0.05, 0.1) is 19.4 Å². The lowest BCUT2D eigenvalue weighted by Gasteiger charge is -2.12. The monoisotopic (exact) mass is 512 g/mol. The molecule has 2 rings (SSSR count). The van der Waals surface area contributed by atoms with Crippen LogP contribution in [0.25, 0.3) is 0 Å². The van der Waals surface area contributed by atoms with Crippen LogP contribution < -0.4 is 10.6 Å². The van der Waals surface area contributed by atoms with Crippen LogP contribution in [0.4, 0.5) is 0 Å². The van der Waals surface area contributed by atoms with Crippen LogP contribution in [0, 0.1) is 0 Å². The Morgan fingerprint density at radius 1 is 0.611 bits per heavy atom. The summed E-state index contributed by atoms with van der Waals surface area (Å²) in [6.45, 7) is 0.962. The molecule has 0 atom stereocenters. The fraction of sp³-hybridized carbons (Fsp3) is 0.619. The standard InChI is InChI=1S/C21H28N4O11/c26-14(2-8-20(32)35-24-16(28)4-5-17(24)29)22-10-1-12-34-13-11-23-15(27)3-9-21(33)36-25-18(30)6-7-19(25)31/h1-13H2,(H,22,26)(H,23,27). The van der Waals surface area contributed by atoms with Crippen molar-refractivity contribution >= 4 is 47.4 Å². The van der Waals surface area contributed by atoms with Gasteiger partial charge in [-0.2, -0.15) is 0 Å². The molecule has 0 spiro atoms. The highest BCUT2D eigenvalue weighted by molar-refractivity contribution is 6.02. The second-order valence-corrected chi connectivity index (χ2v) is 7.76. The van der Waals surface area contributed by atoms with Gasteiger partial charge in [-0.3, -0.25) is 28.8 Å². The summed E-state index contributed by atoms with van der Waals surface area (Å²) >= 11 is 0. The molecule has 15 nitrogen and oxygen atoms in total. The number of hydrogen-bond acceptors (Lipinski definition) is 11. The van der Waals surface area contributed by atoms with E-state index in [9.17, 15) is 38.4 Å². The first-order chi connectivity index (χ1) is 17.2. The lowest BCUT2D eigenvalue weighted by atomic mass is 10.3. The molecule has 198 valence electrons. The Bertz CT molecular complexity index is 800. The summed E-state index contributed by atoms with van der Waals surface area (Å²) in [7, 11) is 0. The van der Waals surface area contributed by atoms with Gasteiger partial charge in [-0.15, -0.1) is 10.1 Å². The Balaban J connectivity index is 1.41. The molecule has 0 saturated carbocycles. The first-order valence-corrected chi connectivity index (χ1v) is 11.4. The summed E-state index contributed by atoms with van der Waals surface area (Å²) in [5.74, 6) is -4.92. The molecule has 0 bridgehead atoms. The number of hydrogen-bond donors (Lipinski definition) is 2. The smallest absolute Gasteiger partial charge is 0.333 e. The van der Waals surface area contributed by atoms with Crippen molar-refractivity contribution in [3.63, 3.8) is 0 Å². The third kappa shape index (κ3) is 9.77. The summed E-state index contributed by atoms with van der Waals surface area (Å²) in [6, 6.07) is 0. The van der Waals surface area contributed by atoms with Gasteiger partial charge < -0.3 is 25.0 Å². The van der Waals surface area contributed by atoms with Crippen molar-refractivity contribution in [1.29, 1.82) is 0 Å². The zero-order valence-corrected chi connectivity index (χ0v) is 19.6.